The van der Waals surface area contributed by atoms with E-state index in [1.54, 1.807) is 14.0 Å². The molecule has 0 saturated heterocycles. The highest BCUT2D eigenvalue weighted by molar-refractivity contribution is 5.82. The van der Waals surface area contributed by atoms with Crippen LogP contribution in [0.1, 0.15) is 32.8 Å². The first-order chi connectivity index (χ1) is 9.83. The molecule has 118 valence electrons. The second kappa shape index (κ2) is 9.80. The predicted octanol–water partition coefficient (Wildman–Crippen LogP) is 2.63. The van der Waals surface area contributed by atoms with Gasteiger partial charge in [0.05, 0.1) is 7.11 Å². The lowest BCUT2D eigenvalue weighted by molar-refractivity contribution is -0.143. The van der Waals surface area contributed by atoms with Crippen molar-refractivity contribution < 1.29 is 19.4 Å². The van der Waals surface area contributed by atoms with Crippen LogP contribution in [0.5, 0.6) is 5.75 Å². The molecule has 1 aromatic rings. The third kappa shape index (κ3) is 7.34. The molecular formula is C16H25NO4. The number of methoxy groups -OCH3 is 1. The molecule has 0 bridgehead atoms. The number of hydrogen-bond donors (Lipinski definition) is 2. The molecule has 0 spiro atoms. The van der Waals surface area contributed by atoms with Gasteiger partial charge in [-0.1, -0.05) is 38.5 Å². The number of amides is 1. The number of ether oxygens (including phenoxy) is 1. The highest BCUT2D eigenvalue weighted by Gasteiger charge is 2.23. The molecule has 2 atom stereocenters. The third-order valence-corrected chi connectivity index (χ3v) is 3.15. The minimum Gasteiger partial charge on any atom is -0.496 e. The topological polar surface area (TPSA) is 75.6 Å². The van der Waals surface area contributed by atoms with Crippen LogP contribution >= 0.6 is 0 Å². The molecule has 0 saturated carbocycles. The number of carboxylic acid groups (broad SMARTS) is 1. The number of benzene rings is 1. The first kappa shape index (κ1) is 19.0. The van der Waals surface area contributed by atoms with Gasteiger partial charge in [-0.2, -0.15) is 0 Å². The van der Waals surface area contributed by atoms with Crippen molar-refractivity contribution >= 4 is 11.9 Å². The quantitative estimate of drug-likeness (QED) is 0.875. The summed E-state index contributed by atoms with van der Waals surface area (Å²) >= 11 is 0. The number of aliphatic carboxylic acids is 1. The summed E-state index contributed by atoms with van der Waals surface area (Å²) in [7, 11) is 1.68. The second-order valence-electron chi connectivity index (χ2n) is 4.87. The number of para-hydroxylation sites is 1. The standard InChI is InChI=1S/C8H15NO3.C8H10O/c1-4-5(2)7(8(11)12)9-6(3)10;1-7-5-3-4-6-8(7)9-2/h5,7H,4H2,1-3H3,(H,9,10)(H,11,12);3-6H,1-2H3. The summed E-state index contributed by atoms with van der Waals surface area (Å²) in [6, 6.07) is 7.19. The van der Waals surface area contributed by atoms with Crippen LogP contribution in [0.4, 0.5) is 0 Å². The molecule has 0 heterocycles. The van der Waals surface area contributed by atoms with Crippen molar-refractivity contribution in [2.24, 2.45) is 5.92 Å². The fourth-order valence-electron chi connectivity index (χ4n) is 1.69. The van der Waals surface area contributed by atoms with Gasteiger partial charge in [0.25, 0.3) is 0 Å². The summed E-state index contributed by atoms with van der Waals surface area (Å²) in [5.74, 6) is -0.355. The molecule has 1 aromatic carbocycles. The Morgan fingerprint density at radius 3 is 2.24 bits per heavy atom. The number of nitrogens with one attached hydrogen (secondary N) is 1. The zero-order chi connectivity index (χ0) is 16.4. The van der Waals surface area contributed by atoms with Crippen molar-refractivity contribution in [1.82, 2.24) is 5.32 Å². The molecule has 0 aromatic heterocycles. The fourth-order valence-corrected chi connectivity index (χ4v) is 1.69. The van der Waals surface area contributed by atoms with Crippen LogP contribution in [0.2, 0.25) is 0 Å². The maximum Gasteiger partial charge on any atom is 0.326 e. The van der Waals surface area contributed by atoms with E-state index in [4.69, 9.17) is 9.84 Å². The van der Waals surface area contributed by atoms with Crippen LogP contribution in [-0.4, -0.2) is 30.1 Å². The summed E-state index contributed by atoms with van der Waals surface area (Å²) in [6.45, 7) is 7.04. The molecule has 21 heavy (non-hydrogen) atoms. The van der Waals surface area contributed by atoms with Crippen molar-refractivity contribution in [3.8, 4) is 5.75 Å². The van der Waals surface area contributed by atoms with Gasteiger partial charge in [0.1, 0.15) is 11.8 Å². The molecule has 2 N–H and O–H groups in total. The van der Waals surface area contributed by atoms with E-state index in [9.17, 15) is 9.59 Å². The summed E-state index contributed by atoms with van der Waals surface area (Å²) in [5.41, 5.74) is 1.18. The van der Waals surface area contributed by atoms with Crippen LogP contribution in [0, 0.1) is 12.8 Å². The zero-order valence-electron chi connectivity index (χ0n) is 13.3. The van der Waals surface area contributed by atoms with Gasteiger partial charge < -0.3 is 15.2 Å². The molecular weight excluding hydrogens is 270 g/mol. The lowest BCUT2D eigenvalue weighted by Crippen LogP contribution is -2.43. The van der Waals surface area contributed by atoms with Gasteiger partial charge in [0.15, 0.2) is 0 Å². The van der Waals surface area contributed by atoms with E-state index in [0.29, 0.717) is 0 Å². The Kier molecular flexibility index (Phi) is 8.85. The molecule has 0 aliphatic heterocycles. The van der Waals surface area contributed by atoms with E-state index in [-0.39, 0.29) is 11.8 Å². The molecule has 5 heteroatoms. The molecule has 0 aliphatic rings. The van der Waals surface area contributed by atoms with Crippen molar-refractivity contribution in [3.05, 3.63) is 29.8 Å². The maximum absolute atomic E-state index is 10.6. The monoisotopic (exact) mass is 295 g/mol. The SMILES string of the molecule is CCC(C)C(NC(C)=O)C(=O)O.COc1ccccc1C. The molecule has 0 aliphatic carbocycles. The number of carboxylic acids is 1. The largest absolute Gasteiger partial charge is 0.496 e. The molecule has 5 nitrogen and oxygen atoms in total. The Labute approximate surface area is 126 Å². The number of carbonyl (C=O) groups excluding carboxylic acids is 1. The third-order valence-electron chi connectivity index (χ3n) is 3.15. The highest BCUT2D eigenvalue weighted by atomic mass is 16.5. The van der Waals surface area contributed by atoms with E-state index in [0.717, 1.165) is 12.2 Å². The van der Waals surface area contributed by atoms with Gasteiger partial charge in [-0.25, -0.2) is 4.79 Å². The van der Waals surface area contributed by atoms with E-state index in [1.807, 2.05) is 38.1 Å². The molecule has 0 radical (unpaired) electrons. The average Bonchev–Trinajstić information content (AvgIpc) is 2.44. The molecule has 0 fully saturated rings. The van der Waals surface area contributed by atoms with E-state index in [2.05, 4.69) is 5.32 Å². The number of rotatable bonds is 5. The molecule has 2 unspecified atom stereocenters. The summed E-state index contributed by atoms with van der Waals surface area (Å²) in [5, 5.41) is 11.1. The van der Waals surface area contributed by atoms with Crippen molar-refractivity contribution in [2.75, 3.05) is 7.11 Å². The Balaban J connectivity index is 0.000000394. The van der Waals surface area contributed by atoms with Gasteiger partial charge in [-0.05, 0) is 24.5 Å². The van der Waals surface area contributed by atoms with Gasteiger partial charge in [0, 0.05) is 6.92 Å². The van der Waals surface area contributed by atoms with Crippen LogP contribution < -0.4 is 10.1 Å². The fraction of sp³-hybridized carbons (Fsp3) is 0.500. The number of hydrogen-bond acceptors (Lipinski definition) is 3. The lowest BCUT2D eigenvalue weighted by Gasteiger charge is -2.18. The van der Waals surface area contributed by atoms with Gasteiger partial charge >= 0.3 is 5.97 Å². The first-order valence-corrected chi connectivity index (χ1v) is 6.92. The summed E-state index contributed by atoms with van der Waals surface area (Å²) in [6.07, 6.45) is 0.733. The average molecular weight is 295 g/mol. The predicted molar refractivity (Wildman–Crippen MR) is 82.4 cm³/mol. The zero-order valence-corrected chi connectivity index (χ0v) is 13.3. The maximum atomic E-state index is 10.6. The minimum absolute atomic E-state index is 0.0357. The van der Waals surface area contributed by atoms with Crippen molar-refractivity contribution in [1.29, 1.82) is 0 Å². The lowest BCUT2D eigenvalue weighted by atomic mass is 9.99. The van der Waals surface area contributed by atoms with Gasteiger partial charge in [0.2, 0.25) is 5.91 Å². The van der Waals surface area contributed by atoms with Crippen LogP contribution in [0.3, 0.4) is 0 Å². The molecule has 1 amide bonds. The smallest absolute Gasteiger partial charge is 0.326 e. The Hall–Kier alpha value is -2.04. The number of aryl methyl sites for hydroxylation is 1. The molecule has 1 rings (SSSR count). The van der Waals surface area contributed by atoms with E-state index >= 15 is 0 Å². The van der Waals surface area contributed by atoms with Gasteiger partial charge in [-0.15, -0.1) is 0 Å². The minimum atomic E-state index is -0.973. The highest BCUT2D eigenvalue weighted by Crippen LogP contribution is 2.14. The summed E-state index contributed by atoms with van der Waals surface area (Å²) in [4.78, 5) is 21.2. The Morgan fingerprint density at radius 1 is 1.33 bits per heavy atom. The second-order valence-corrected chi connectivity index (χ2v) is 4.87. The first-order valence-electron chi connectivity index (χ1n) is 6.92. The summed E-state index contributed by atoms with van der Waals surface area (Å²) < 4.78 is 5.04. The van der Waals surface area contributed by atoms with E-state index in [1.165, 1.54) is 12.5 Å². The van der Waals surface area contributed by atoms with E-state index < -0.39 is 12.0 Å². The van der Waals surface area contributed by atoms with Crippen molar-refractivity contribution in [3.63, 3.8) is 0 Å². The van der Waals surface area contributed by atoms with Crippen LogP contribution in [-0.2, 0) is 9.59 Å². The Bertz CT molecular complexity index is 459. The normalized spacial score (nSPS) is 12.4. The Morgan fingerprint density at radius 2 is 1.90 bits per heavy atom. The van der Waals surface area contributed by atoms with Gasteiger partial charge in [-0.3, -0.25) is 4.79 Å². The van der Waals surface area contributed by atoms with Crippen molar-refractivity contribution in [2.45, 2.75) is 40.2 Å². The number of carbonyl (C=O) groups is 2. The van der Waals surface area contributed by atoms with Crippen LogP contribution in [0.15, 0.2) is 24.3 Å². The van der Waals surface area contributed by atoms with Crippen LogP contribution in [0.25, 0.3) is 0 Å².